The molecule has 1 aromatic carbocycles. The van der Waals surface area contributed by atoms with Crippen LogP contribution in [0.5, 0.6) is 0 Å². The monoisotopic (exact) mass is 327 g/mol. The SMILES string of the molecule is O=S(=O)(NCC1(CO)CC1)c1ccc(Cl)c(F)c1Cl. The van der Waals surface area contributed by atoms with Gasteiger partial charge in [-0.1, -0.05) is 23.2 Å². The van der Waals surface area contributed by atoms with E-state index >= 15 is 0 Å². The molecule has 0 bridgehead atoms. The van der Waals surface area contributed by atoms with Gasteiger partial charge in [-0.15, -0.1) is 0 Å². The Morgan fingerprint density at radius 1 is 1.37 bits per heavy atom. The van der Waals surface area contributed by atoms with E-state index in [0.717, 1.165) is 25.0 Å². The van der Waals surface area contributed by atoms with Gasteiger partial charge in [0.05, 0.1) is 10.0 Å². The van der Waals surface area contributed by atoms with Gasteiger partial charge in [0.25, 0.3) is 0 Å². The first-order chi connectivity index (χ1) is 8.81. The van der Waals surface area contributed by atoms with Crippen molar-refractivity contribution in [2.75, 3.05) is 13.2 Å². The summed E-state index contributed by atoms with van der Waals surface area (Å²) in [5, 5.41) is 8.35. The first-order valence-corrected chi connectivity index (χ1v) is 7.79. The van der Waals surface area contributed by atoms with Crippen LogP contribution in [0.1, 0.15) is 12.8 Å². The Balaban J connectivity index is 2.23. The molecule has 1 aromatic rings. The Morgan fingerprint density at radius 2 is 2.00 bits per heavy atom. The van der Waals surface area contributed by atoms with Crippen LogP contribution in [-0.4, -0.2) is 26.7 Å². The van der Waals surface area contributed by atoms with E-state index < -0.39 is 20.9 Å². The maximum absolute atomic E-state index is 13.5. The Morgan fingerprint density at radius 3 is 2.53 bits per heavy atom. The van der Waals surface area contributed by atoms with E-state index in [1.807, 2.05) is 0 Å². The third kappa shape index (κ3) is 3.03. The fourth-order valence-electron chi connectivity index (χ4n) is 1.61. The number of nitrogens with one attached hydrogen (secondary N) is 1. The molecule has 8 heteroatoms. The molecule has 0 aromatic heterocycles. The Labute approximate surface area is 120 Å². The molecule has 4 nitrogen and oxygen atoms in total. The molecule has 0 amide bonds. The predicted octanol–water partition coefficient (Wildman–Crippen LogP) is 2.18. The zero-order chi connectivity index (χ0) is 14.3. The Kier molecular flexibility index (Phi) is 4.09. The van der Waals surface area contributed by atoms with Crippen molar-refractivity contribution in [2.24, 2.45) is 5.41 Å². The fourth-order valence-corrected chi connectivity index (χ4v) is 3.51. The van der Waals surface area contributed by atoms with Crippen molar-refractivity contribution in [3.63, 3.8) is 0 Å². The third-order valence-electron chi connectivity index (χ3n) is 3.22. The number of aliphatic hydroxyl groups is 1. The van der Waals surface area contributed by atoms with Gasteiger partial charge in [0, 0.05) is 18.6 Å². The molecule has 0 aliphatic heterocycles. The van der Waals surface area contributed by atoms with Crippen LogP contribution < -0.4 is 4.72 Å². The smallest absolute Gasteiger partial charge is 0.242 e. The number of aliphatic hydroxyl groups excluding tert-OH is 1. The van der Waals surface area contributed by atoms with Crippen molar-refractivity contribution in [3.05, 3.63) is 28.0 Å². The molecule has 0 atom stereocenters. The maximum Gasteiger partial charge on any atom is 0.242 e. The highest BCUT2D eigenvalue weighted by Crippen LogP contribution is 2.44. The molecule has 19 heavy (non-hydrogen) atoms. The van der Waals surface area contributed by atoms with E-state index in [9.17, 15) is 12.8 Å². The Bertz CT molecular complexity index is 602. The van der Waals surface area contributed by atoms with Crippen molar-refractivity contribution in [1.29, 1.82) is 0 Å². The summed E-state index contributed by atoms with van der Waals surface area (Å²) in [5.74, 6) is -0.963. The summed E-state index contributed by atoms with van der Waals surface area (Å²) in [7, 11) is -3.93. The molecule has 2 rings (SSSR count). The predicted molar refractivity (Wildman–Crippen MR) is 70.4 cm³/mol. The zero-order valence-electron chi connectivity index (χ0n) is 9.79. The van der Waals surface area contributed by atoms with Crippen LogP contribution >= 0.6 is 23.2 Å². The van der Waals surface area contributed by atoms with Gasteiger partial charge in [-0.3, -0.25) is 0 Å². The summed E-state index contributed by atoms with van der Waals surface area (Å²) in [6.07, 6.45) is 1.52. The molecular formula is C11H12Cl2FNO3S. The van der Waals surface area contributed by atoms with Crippen molar-refractivity contribution in [3.8, 4) is 0 Å². The van der Waals surface area contributed by atoms with Crippen LogP contribution in [0.15, 0.2) is 17.0 Å². The molecule has 1 aliphatic rings. The van der Waals surface area contributed by atoms with Crippen LogP contribution in [0.3, 0.4) is 0 Å². The molecule has 1 fully saturated rings. The average Bonchev–Trinajstić information content (AvgIpc) is 3.14. The van der Waals surface area contributed by atoms with Gasteiger partial charge in [-0.2, -0.15) is 0 Å². The van der Waals surface area contributed by atoms with E-state index in [1.165, 1.54) is 0 Å². The van der Waals surface area contributed by atoms with Gasteiger partial charge in [-0.05, 0) is 25.0 Å². The standard InChI is InChI=1S/C11H12Cl2FNO3S/c12-7-1-2-8(9(13)10(7)14)19(17,18)15-5-11(6-16)3-4-11/h1-2,15-16H,3-6H2. The van der Waals surface area contributed by atoms with Crippen molar-refractivity contribution >= 4 is 33.2 Å². The van der Waals surface area contributed by atoms with E-state index in [1.54, 1.807) is 0 Å². The number of hydrogen-bond donors (Lipinski definition) is 2. The summed E-state index contributed by atoms with van der Waals surface area (Å²) in [6.45, 7) is 0.0185. The number of sulfonamides is 1. The molecule has 0 unspecified atom stereocenters. The highest BCUT2D eigenvalue weighted by Gasteiger charge is 2.42. The lowest BCUT2D eigenvalue weighted by molar-refractivity contribution is 0.213. The third-order valence-corrected chi connectivity index (χ3v) is 5.44. The first-order valence-electron chi connectivity index (χ1n) is 5.55. The zero-order valence-corrected chi connectivity index (χ0v) is 12.1. The van der Waals surface area contributed by atoms with Gasteiger partial charge in [0.1, 0.15) is 4.90 Å². The number of benzene rings is 1. The van der Waals surface area contributed by atoms with Gasteiger partial charge >= 0.3 is 0 Å². The topological polar surface area (TPSA) is 66.4 Å². The van der Waals surface area contributed by atoms with Crippen molar-refractivity contribution in [1.82, 2.24) is 4.72 Å². The van der Waals surface area contributed by atoms with Crippen molar-refractivity contribution < 1.29 is 17.9 Å². The van der Waals surface area contributed by atoms with Crippen LogP contribution in [0.25, 0.3) is 0 Å². The fraction of sp³-hybridized carbons (Fsp3) is 0.455. The lowest BCUT2D eigenvalue weighted by Crippen LogP contribution is -2.32. The maximum atomic E-state index is 13.5. The number of hydrogen-bond acceptors (Lipinski definition) is 3. The van der Waals surface area contributed by atoms with Gasteiger partial charge in [0.2, 0.25) is 10.0 Å². The van der Waals surface area contributed by atoms with E-state index in [2.05, 4.69) is 4.72 Å². The van der Waals surface area contributed by atoms with Crippen LogP contribution in [0.4, 0.5) is 4.39 Å². The highest BCUT2D eigenvalue weighted by atomic mass is 35.5. The van der Waals surface area contributed by atoms with Crippen molar-refractivity contribution in [2.45, 2.75) is 17.7 Å². The molecule has 0 radical (unpaired) electrons. The largest absolute Gasteiger partial charge is 0.396 e. The van der Waals surface area contributed by atoms with Gasteiger partial charge in [0.15, 0.2) is 5.82 Å². The molecule has 0 spiro atoms. The molecule has 0 heterocycles. The van der Waals surface area contributed by atoms with E-state index in [-0.39, 0.29) is 28.5 Å². The lowest BCUT2D eigenvalue weighted by atomic mass is 10.1. The second-order valence-electron chi connectivity index (χ2n) is 4.66. The molecule has 0 saturated heterocycles. The number of halogens is 3. The first kappa shape index (κ1) is 15.0. The minimum absolute atomic E-state index is 0.0851. The normalized spacial score (nSPS) is 17.5. The van der Waals surface area contributed by atoms with Crippen LogP contribution in [0, 0.1) is 11.2 Å². The second kappa shape index (κ2) is 5.18. The summed E-state index contributed by atoms with van der Waals surface area (Å²) >= 11 is 11.2. The summed E-state index contributed by atoms with van der Waals surface area (Å²) in [5.41, 5.74) is -0.384. The lowest BCUT2D eigenvalue weighted by Gasteiger charge is -2.14. The number of rotatable bonds is 5. The van der Waals surface area contributed by atoms with Gasteiger partial charge in [-0.25, -0.2) is 17.5 Å². The average molecular weight is 328 g/mol. The van der Waals surface area contributed by atoms with Gasteiger partial charge < -0.3 is 5.11 Å². The molecule has 1 aliphatic carbocycles. The molecule has 1 saturated carbocycles. The van der Waals surface area contributed by atoms with Crippen LogP contribution in [-0.2, 0) is 10.0 Å². The van der Waals surface area contributed by atoms with E-state index in [4.69, 9.17) is 28.3 Å². The summed E-state index contributed by atoms with van der Waals surface area (Å²) in [6, 6.07) is 2.28. The minimum Gasteiger partial charge on any atom is -0.396 e. The minimum atomic E-state index is -3.93. The second-order valence-corrected chi connectivity index (χ2v) is 7.18. The van der Waals surface area contributed by atoms with E-state index in [0.29, 0.717) is 0 Å². The molecular weight excluding hydrogens is 316 g/mol. The highest BCUT2D eigenvalue weighted by molar-refractivity contribution is 7.89. The van der Waals surface area contributed by atoms with Crippen LogP contribution in [0.2, 0.25) is 10.0 Å². The summed E-state index contributed by atoms with van der Waals surface area (Å²) in [4.78, 5) is -0.357. The molecule has 106 valence electrons. The Hall–Kier alpha value is -0.400. The molecule has 2 N–H and O–H groups in total. The summed E-state index contributed by atoms with van der Waals surface area (Å²) < 4.78 is 39.9. The quantitative estimate of drug-likeness (QED) is 0.814.